The topological polar surface area (TPSA) is 173 Å². The van der Waals surface area contributed by atoms with Gasteiger partial charge in [-0.2, -0.15) is 5.06 Å². The lowest BCUT2D eigenvalue weighted by Gasteiger charge is -2.50. The van der Waals surface area contributed by atoms with Gasteiger partial charge in [0.15, 0.2) is 11.8 Å². The Balaban J connectivity index is 1.07. The van der Waals surface area contributed by atoms with Crippen LogP contribution >= 0.6 is 0 Å². The van der Waals surface area contributed by atoms with Gasteiger partial charge in [-0.15, -0.1) is 0 Å². The molecule has 0 radical (unpaired) electrons. The maximum atomic E-state index is 15.4. The largest absolute Gasteiger partial charge is 0.460 e. The molecule has 1 spiro atoms. The number of rotatable bonds is 11. The van der Waals surface area contributed by atoms with Crippen LogP contribution in [0.4, 0.5) is 0 Å². The number of likely N-dealkylation sites (N-methyl/N-ethyl adjacent to an activating group) is 1. The lowest BCUT2D eigenvalue weighted by molar-refractivity contribution is -0.218. The van der Waals surface area contributed by atoms with E-state index in [-0.39, 0.29) is 38.3 Å². The number of fused-ring (bicyclic) bond motifs is 5. The highest BCUT2D eigenvalue weighted by molar-refractivity contribution is 5.97. The first-order chi connectivity index (χ1) is 28.1. The average molecular weight is 815 g/mol. The molecule has 0 aromatic heterocycles. The number of aliphatic hydroxyl groups excluding tert-OH is 1. The zero-order valence-corrected chi connectivity index (χ0v) is 34.3. The number of carbonyl (C=O) groups excluding carboxylic acids is 5. The molecule has 4 heterocycles. The van der Waals surface area contributed by atoms with E-state index in [2.05, 4.69) is 5.32 Å². The number of nitrogens with zero attached hydrogens (tertiary/aromatic N) is 3. The van der Waals surface area contributed by atoms with Gasteiger partial charge in [0.2, 0.25) is 17.7 Å². The van der Waals surface area contributed by atoms with Gasteiger partial charge in [-0.1, -0.05) is 48.5 Å². The first-order valence-corrected chi connectivity index (χ1v) is 20.6. The molecular formula is C44H54N4O11. The van der Waals surface area contributed by atoms with Crippen molar-refractivity contribution in [2.24, 2.45) is 5.41 Å². The minimum Gasteiger partial charge on any atom is -0.460 e. The predicted molar refractivity (Wildman–Crippen MR) is 210 cm³/mol. The second-order valence-electron chi connectivity index (χ2n) is 17.9. The Morgan fingerprint density at radius 2 is 1.73 bits per heavy atom. The molecule has 1 saturated carbocycles. The number of benzene rings is 2. The van der Waals surface area contributed by atoms with Crippen LogP contribution in [-0.4, -0.2) is 131 Å². The monoisotopic (exact) mass is 814 g/mol. The van der Waals surface area contributed by atoms with E-state index in [1.807, 2.05) is 48.5 Å². The first-order valence-electron chi connectivity index (χ1n) is 20.6. The van der Waals surface area contributed by atoms with Crippen LogP contribution in [0, 0.1) is 5.41 Å². The number of likely N-dealkylation sites (tertiary alicyclic amines) is 1. The smallest absolute Gasteiger partial charge is 0.327 e. The highest BCUT2D eigenvalue weighted by atomic mass is 16.8. The summed E-state index contributed by atoms with van der Waals surface area (Å²) in [5.74, 6) is -3.07. The number of amides is 3. The number of aliphatic hydroxyl groups is 1. The Labute approximate surface area is 343 Å². The number of hydroxylamine groups is 2. The van der Waals surface area contributed by atoms with Crippen molar-refractivity contribution in [3.8, 4) is 0 Å². The van der Waals surface area contributed by atoms with Crippen molar-refractivity contribution in [1.29, 1.82) is 0 Å². The molecule has 8 atom stereocenters. The molecule has 59 heavy (non-hydrogen) atoms. The summed E-state index contributed by atoms with van der Waals surface area (Å²) >= 11 is 0. The number of esters is 2. The summed E-state index contributed by atoms with van der Waals surface area (Å²) in [6.07, 6.45) is 2.17. The normalized spacial score (nSPS) is 29.6. The van der Waals surface area contributed by atoms with Gasteiger partial charge < -0.3 is 39.2 Å². The van der Waals surface area contributed by atoms with Gasteiger partial charge in [0, 0.05) is 52.4 Å². The molecule has 0 unspecified atom stereocenters. The van der Waals surface area contributed by atoms with Crippen molar-refractivity contribution in [1.82, 2.24) is 20.2 Å². The van der Waals surface area contributed by atoms with E-state index < -0.39 is 89.7 Å². The van der Waals surface area contributed by atoms with Gasteiger partial charge in [-0.3, -0.25) is 28.8 Å². The highest BCUT2D eigenvalue weighted by Crippen LogP contribution is 2.59. The first kappa shape index (κ1) is 41.1. The van der Waals surface area contributed by atoms with Crippen molar-refractivity contribution in [3.63, 3.8) is 0 Å². The third kappa shape index (κ3) is 7.79. The van der Waals surface area contributed by atoms with E-state index in [4.69, 9.17) is 23.8 Å². The summed E-state index contributed by atoms with van der Waals surface area (Å²) < 4.78 is 25.2. The van der Waals surface area contributed by atoms with Crippen molar-refractivity contribution in [3.05, 3.63) is 76.9 Å². The molecule has 3 amide bonds. The van der Waals surface area contributed by atoms with Gasteiger partial charge in [-0.05, 0) is 68.4 Å². The van der Waals surface area contributed by atoms with Crippen molar-refractivity contribution in [2.45, 2.75) is 126 Å². The number of hydrogen-bond acceptors (Lipinski definition) is 12. The Bertz CT molecular complexity index is 1990. The summed E-state index contributed by atoms with van der Waals surface area (Å²) in [6, 6.07) is 12.7. The van der Waals surface area contributed by atoms with Crippen LogP contribution in [0.25, 0.3) is 6.08 Å². The molecule has 6 aliphatic rings. The van der Waals surface area contributed by atoms with Crippen LogP contribution in [0.5, 0.6) is 0 Å². The van der Waals surface area contributed by atoms with Gasteiger partial charge in [-0.25, -0.2) is 0 Å². The van der Waals surface area contributed by atoms with Gasteiger partial charge in [0.05, 0.1) is 19.2 Å². The SMILES string of the molecule is CN(C)C(=O)C=Cc1ccc(CN2O[C@@H]3[C@H]4OC5(Cc6ccccc6C5)O[C@H]4[C@H]4C[C@]3(C(=O)N3CCC[C@@H]3C(=O)N[C@H](CO)CCC(=O)OC(C)(C)C)[C@@H]2C(=O)O4)cc1. The molecule has 2 bridgehead atoms. The number of hydrogen-bond donors (Lipinski definition) is 2. The van der Waals surface area contributed by atoms with E-state index in [1.165, 1.54) is 16.0 Å². The quantitative estimate of drug-likeness (QED) is 0.251. The molecule has 5 fully saturated rings. The van der Waals surface area contributed by atoms with E-state index in [0.717, 1.165) is 22.3 Å². The molecular weight excluding hydrogens is 761 g/mol. The number of nitrogens with one attached hydrogen (secondary N) is 1. The molecule has 2 aromatic carbocycles. The van der Waals surface area contributed by atoms with Crippen molar-refractivity contribution in [2.75, 3.05) is 27.2 Å². The summed E-state index contributed by atoms with van der Waals surface area (Å²) in [5, 5.41) is 14.6. The molecule has 4 saturated heterocycles. The Morgan fingerprint density at radius 1 is 1.03 bits per heavy atom. The fourth-order valence-electron chi connectivity index (χ4n) is 9.71. The van der Waals surface area contributed by atoms with E-state index >= 15 is 4.79 Å². The van der Waals surface area contributed by atoms with Crippen LogP contribution in [0.1, 0.15) is 75.1 Å². The standard InChI is InChI=1S/C44H54N4O11/c1-42(2,3)56-34(51)19-17-30(25-49)45-39(52)31-11-8-20-47(31)41(54)44-23-32-35-36(58-43(57-35)21-28-9-6-7-10-29(28)22-43)38(44)59-48(37(44)40(53)55-32)24-27-14-12-26(13-15-27)16-18-33(50)46(4)5/h6-7,9-10,12-16,18,30-32,35-38,49H,8,11,17,19-25H2,1-5H3,(H,45,52)/t30-,31+,32+,35-,36-,37-,38+,44-/m0/s1. The molecule has 15 heteroatoms. The van der Waals surface area contributed by atoms with Crippen LogP contribution in [0.15, 0.2) is 54.6 Å². The zero-order chi connectivity index (χ0) is 41.9. The van der Waals surface area contributed by atoms with Crippen molar-refractivity contribution >= 4 is 35.7 Å². The summed E-state index contributed by atoms with van der Waals surface area (Å²) in [5.41, 5.74) is 1.65. The van der Waals surface area contributed by atoms with E-state index in [0.29, 0.717) is 25.7 Å². The molecule has 15 nitrogen and oxygen atoms in total. The Morgan fingerprint density at radius 3 is 2.39 bits per heavy atom. The zero-order valence-electron chi connectivity index (χ0n) is 34.3. The molecule has 8 rings (SSSR count). The van der Waals surface area contributed by atoms with Crippen LogP contribution < -0.4 is 5.32 Å². The van der Waals surface area contributed by atoms with E-state index in [9.17, 15) is 24.3 Å². The predicted octanol–water partition coefficient (Wildman–Crippen LogP) is 2.46. The fourth-order valence-corrected chi connectivity index (χ4v) is 9.71. The summed E-state index contributed by atoms with van der Waals surface area (Å²) in [7, 11) is 3.36. The second-order valence-corrected chi connectivity index (χ2v) is 17.9. The highest BCUT2D eigenvalue weighted by Gasteiger charge is 2.77. The third-order valence-electron chi connectivity index (χ3n) is 12.4. The molecule has 2 aliphatic carbocycles. The minimum atomic E-state index is -1.48. The lowest BCUT2D eigenvalue weighted by atomic mass is 9.62. The lowest BCUT2D eigenvalue weighted by Crippen LogP contribution is -2.70. The second kappa shape index (κ2) is 15.7. The third-order valence-corrected chi connectivity index (χ3v) is 12.4. The molecule has 2 N–H and O–H groups in total. The summed E-state index contributed by atoms with van der Waals surface area (Å²) in [6.45, 7) is 5.30. The fraction of sp³-hybridized carbons (Fsp3) is 0.568. The Hall–Kier alpha value is -4.67. The maximum absolute atomic E-state index is 15.4. The van der Waals surface area contributed by atoms with Gasteiger partial charge in [0.25, 0.3) is 0 Å². The average Bonchev–Trinajstić information content (AvgIpc) is 3.98. The van der Waals surface area contributed by atoms with Crippen molar-refractivity contribution < 1.29 is 52.9 Å². The maximum Gasteiger partial charge on any atom is 0.327 e. The molecule has 316 valence electrons. The van der Waals surface area contributed by atoms with Gasteiger partial charge >= 0.3 is 11.9 Å². The van der Waals surface area contributed by atoms with Crippen LogP contribution in [0.3, 0.4) is 0 Å². The number of ether oxygens (including phenoxy) is 4. The minimum absolute atomic E-state index is 0.00795. The number of carbonyl (C=O) groups is 5. The summed E-state index contributed by atoms with van der Waals surface area (Å²) in [4.78, 5) is 78.1. The van der Waals surface area contributed by atoms with Crippen LogP contribution in [0.2, 0.25) is 0 Å². The van der Waals surface area contributed by atoms with Gasteiger partial charge in [0.1, 0.15) is 41.5 Å². The molecule has 2 aromatic rings. The molecule has 4 aliphatic heterocycles. The van der Waals surface area contributed by atoms with Crippen LogP contribution in [-0.2, 0) is 67.1 Å². The van der Waals surface area contributed by atoms with E-state index in [1.54, 1.807) is 45.8 Å². The Kier molecular flexibility index (Phi) is 11.0.